The SMILES string of the molecule is C=C1CC[C@@H](CNCc2ncc(-c3cccc(-c4cccc(-c5cnc(CN6CCN[C@H](C)C6)c(OC)n5)c4Cl)c3Cl)nc2OC)N1. The Bertz CT molecular complexity index is 1750. The van der Waals surface area contributed by atoms with E-state index in [4.69, 9.17) is 47.6 Å². The van der Waals surface area contributed by atoms with Crippen LogP contribution in [0.3, 0.4) is 0 Å². The Kier molecular flexibility index (Phi) is 10.5. The Labute approximate surface area is 285 Å². The largest absolute Gasteiger partial charge is 0.480 e. The minimum atomic E-state index is 0.368. The number of nitrogens with zero attached hydrogens (tertiary/aromatic N) is 5. The van der Waals surface area contributed by atoms with Gasteiger partial charge in [-0.1, -0.05) is 66.2 Å². The molecule has 2 aliphatic rings. The van der Waals surface area contributed by atoms with E-state index in [1.54, 1.807) is 26.6 Å². The van der Waals surface area contributed by atoms with Gasteiger partial charge in [0.1, 0.15) is 11.4 Å². The van der Waals surface area contributed by atoms with Gasteiger partial charge in [0.15, 0.2) is 0 Å². The van der Waals surface area contributed by atoms with E-state index >= 15 is 0 Å². The Morgan fingerprint density at radius 2 is 1.51 bits per heavy atom. The number of benzene rings is 2. The van der Waals surface area contributed by atoms with Gasteiger partial charge in [-0.15, -0.1) is 0 Å². The molecule has 0 radical (unpaired) electrons. The molecule has 0 spiro atoms. The maximum absolute atomic E-state index is 7.08. The highest BCUT2D eigenvalue weighted by Crippen LogP contribution is 2.42. The molecule has 2 saturated heterocycles. The molecular formula is C35H40Cl2N8O2. The van der Waals surface area contributed by atoms with E-state index in [0.29, 0.717) is 58.4 Å². The van der Waals surface area contributed by atoms with Crippen LogP contribution in [-0.4, -0.2) is 77.3 Å². The highest BCUT2D eigenvalue weighted by molar-refractivity contribution is 6.39. The molecule has 12 heteroatoms. The summed E-state index contributed by atoms with van der Waals surface area (Å²) in [6, 6.07) is 12.4. The molecule has 2 aromatic carbocycles. The van der Waals surface area contributed by atoms with Crippen molar-refractivity contribution in [2.45, 2.75) is 44.9 Å². The highest BCUT2D eigenvalue weighted by atomic mass is 35.5. The smallest absolute Gasteiger partial charge is 0.237 e. The lowest BCUT2D eigenvalue weighted by molar-refractivity contribution is 0.194. The van der Waals surface area contributed by atoms with E-state index in [9.17, 15) is 0 Å². The summed E-state index contributed by atoms with van der Waals surface area (Å²) in [4.78, 5) is 21.4. The number of ether oxygens (including phenoxy) is 2. The molecule has 0 unspecified atom stereocenters. The number of allylic oxidation sites excluding steroid dienone is 1. The Balaban J connectivity index is 1.24. The third-order valence-electron chi connectivity index (χ3n) is 8.56. The summed E-state index contributed by atoms with van der Waals surface area (Å²) in [6.07, 6.45) is 5.56. The van der Waals surface area contributed by atoms with E-state index < -0.39 is 0 Å². The standard InChI is InChI=1S/C35H40Cl2N8O2/c1-21-11-12-23(42-21)15-38-16-30-34(46-3)43-28(17-40-30)26-9-5-7-24(32(26)36)25-8-6-10-27(33(25)37)29-18-41-31(35(44-29)47-4)20-45-14-13-39-22(2)19-45/h5-10,17-18,22-23,38-39,42H,1,11-16,19-20H2,2-4H3/t22-,23+/m1/s1. The van der Waals surface area contributed by atoms with Crippen molar-refractivity contribution in [3.05, 3.63) is 82.5 Å². The molecule has 0 saturated carbocycles. The average molecular weight is 676 g/mol. The zero-order valence-corrected chi connectivity index (χ0v) is 28.5. The minimum Gasteiger partial charge on any atom is -0.480 e. The predicted molar refractivity (Wildman–Crippen MR) is 187 cm³/mol. The number of hydrogen-bond acceptors (Lipinski definition) is 10. The Hall–Kier alpha value is -3.80. The summed E-state index contributed by atoms with van der Waals surface area (Å²) in [6.45, 7) is 11.0. The predicted octanol–water partition coefficient (Wildman–Crippen LogP) is 5.74. The minimum absolute atomic E-state index is 0.368. The van der Waals surface area contributed by atoms with Crippen molar-refractivity contribution in [2.24, 2.45) is 0 Å². The molecule has 2 aromatic heterocycles. The van der Waals surface area contributed by atoms with Crippen molar-refractivity contribution in [2.75, 3.05) is 40.4 Å². The lowest BCUT2D eigenvalue weighted by Crippen LogP contribution is -2.48. The van der Waals surface area contributed by atoms with Crippen LogP contribution in [0.15, 0.2) is 61.1 Å². The molecule has 3 N–H and O–H groups in total. The van der Waals surface area contributed by atoms with Crippen LogP contribution in [-0.2, 0) is 13.1 Å². The quantitative estimate of drug-likeness (QED) is 0.182. The summed E-state index contributed by atoms with van der Waals surface area (Å²) >= 11 is 14.2. The van der Waals surface area contributed by atoms with Crippen molar-refractivity contribution in [3.63, 3.8) is 0 Å². The third-order valence-corrected chi connectivity index (χ3v) is 9.38. The first-order valence-corrected chi connectivity index (χ1v) is 16.6. The van der Waals surface area contributed by atoms with Crippen LogP contribution in [0, 0.1) is 0 Å². The van der Waals surface area contributed by atoms with Gasteiger partial charge in [-0.25, -0.2) is 9.97 Å². The first-order valence-electron chi connectivity index (χ1n) is 15.8. The number of rotatable bonds is 11. The molecule has 2 aliphatic heterocycles. The number of halogens is 2. The van der Waals surface area contributed by atoms with E-state index in [0.717, 1.165) is 78.4 Å². The van der Waals surface area contributed by atoms with Crippen LogP contribution in [0.4, 0.5) is 0 Å². The zero-order valence-electron chi connectivity index (χ0n) is 26.9. The summed E-state index contributed by atoms with van der Waals surface area (Å²) < 4.78 is 11.3. The molecule has 0 aliphatic carbocycles. The third kappa shape index (κ3) is 7.52. The van der Waals surface area contributed by atoms with E-state index in [2.05, 4.69) is 39.3 Å². The van der Waals surface area contributed by atoms with Crippen LogP contribution in [0.5, 0.6) is 11.8 Å². The number of methoxy groups -OCH3 is 2. The van der Waals surface area contributed by atoms with Crippen molar-refractivity contribution in [1.82, 2.24) is 40.8 Å². The number of nitrogens with one attached hydrogen (secondary N) is 3. The van der Waals surface area contributed by atoms with Gasteiger partial charge in [0.2, 0.25) is 11.8 Å². The van der Waals surface area contributed by atoms with E-state index in [1.807, 2.05) is 36.4 Å². The maximum Gasteiger partial charge on any atom is 0.237 e. The van der Waals surface area contributed by atoms with Crippen LogP contribution in [0.1, 0.15) is 31.2 Å². The van der Waals surface area contributed by atoms with Crippen molar-refractivity contribution in [1.29, 1.82) is 0 Å². The fraction of sp³-hybridized carbons (Fsp3) is 0.371. The second kappa shape index (κ2) is 15.0. The van der Waals surface area contributed by atoms with Gasteiger partial charge in [0.25, 0.3) is 0 Å². The molecule has 0 amide bonds. The van der Waals surface area contributed by atoms with Crippen molar-refractivity contribution >= 4 is 23.2 Å². The molecule has 0 bridgehead atoms. The van der Waals surface area contributed by atoms with E-state index in [-0.39, 0.29) is 0 Å². The lowest BCUT2D eigenvalue weighted by atomic mass is 9.98. The summed E-state index contributed by atoms with van der Waals surface area (Å²) in [5.74, 6) is 0.935. The monoisotopic (exact) mass is 674 g/mol. The summed E-state index contributed by atoms with van der Waals surface area (Å²) in [7, 11) is 3.21. The summed E-state index contributed by atoms with van der Waals surface area (Å²) in [5, 5.41) is 11.3. The van der Waals surface area contributed by atoms with Crippen LogP contribution >= 0.6 is 23.2 Å². The van der Waals surface area contributed by atoms with Crippen molar-refractivity contribution < 1.29 is 9.47 Å². The van der Waals surface area contributed by atoms with Crippen LogP contribution < -0.4 is 25.4 Å². The molecule has 4 heterocycles. The average Bonchev–Trinajstić information content (AvgIpc) is 3.50. The highest BCUT2D eigenvalue weighted by Gasteiger charge is 2.22. The van der Waals surface area contributed by atoms with Crippen LogP contribution in [0.2, 0.25) is 10.0 Å². The Morgan fingerprint density at radius 3 is 2.09 bits per heavy atom. The Morgan fingerprint density at radius 1 is 0.915 bits per heavy atom. The molecule has 6 rings (SSSR count). The fourth-order valence-corrected chi connectivity index (χ4v) is 6.80. The van der Waals surface area contributed by atoms with E-state index in [1.165, 1.54) is 0 Å². The lowest BCUT2D eigenvalue weighted by Gasteiger charge is -2.31. The second-order valence-corrected chi connectivity index (χ2v) is 12.7. The molecule has 4 aromatic rings. The molecule has 2 atom stereocenters. The first-order chi connectivity index (χ1) is 22.8. The second-order valence-electron chi connectivity index (χ2n) is 12.0. The molecule has 47 heavy (non-hydrogen) atoms. The van der Waals surface area contributed by atoms with Crippen LogP contribution in [0.25, 0.3) is 33.6 Å². The van der Waals surface area contributed by atoms with Gasteiger partial charge in [-0.2, -0.15) is 0 Å². The van der Waals surface area contributed by atoms with Gasteiger partial charge < -0.3 is 25.4 Å². The topological polar surface area (TPSA) is 109 Å². The maximum atomic E-state index is 7.08. The van der Waals surface area contributed by atoms with Gasteiger partial charge in [-0.05, 0) is 19.8 Å². The fourth-order valence-electron chi connectivity index (χ4n) is 6.15. The molecule has 10 nitrogen and oxygen atoms in total. The normalized spacial score (nSPS) is 18.3. The zero-order chi connectivity index (χ0) is 32.9. The van der Waals surface area contributed by atoms with Gasteiger partial charge in [-0.3, -0.25) is 14.9 Å². The molecule has 2 fully saturated rings. The number of piperazine rings is 1. The first kappa shape index (κ1) is 33.1. The number of hydrogen-bond donors (Lipinski definition) is 3. The van der Waals surface area contributed by atoms with Gasteiger partial charge >= 0.3 is 0 Å². The summed E-state index contributed by atoms with van der Waals surface area (Å²) in [5.41, 5.74) is 6.80. The van der Waals surface area contributed by atoms with Crippen molar-refractivity contribution in [3.8, 4) is 45.4 Å². The van der Waals surface area contributed by atoms with Gasteiger partial charge in [0, 0.05) is 79.3 Å². The van der Waals surface area contributed by atoms with Gasteiger partial charge in [0.05, 0.1) is 48.0 Å². The molecule has 246 valence electrons. The molecular weight excluding hydrogens is 635 g/mol. The number of aromatic nitrogens is 4.